The number of allylic oxidation sites excluding steroid dienone is 16. The van der Waals surface area contributed by atoms with E-state index in [-0.39, 0.29) is 26.1 Å². The quantitative estimate of drug-likeness (QED) is 0.0195. The van der Waals surface area contributed by atoms with Crippen molar-refractivity contribution in [3.05, 3.63) is 97.2 Å². The van der Waals surface area contributed by atoms with Gasteiger partial charge >= 0.3 is 11.9 Å². The number of nitrogens with zero attached hydrogens (tertiary/aromatic N) is 1. The van der Waals surface area contributed by atoms with Crippen molar-refractivity contribution in [2.75, 3.05) is 47.5 Å². The van der Waals surface area contributed by atoms with Gasteiger partial charge in [0.2, 0.25) is 0 Å². The van der Waals surface area contributed by atoms with Crippen LogP contribution >= 0.6 is 7.82 Å². The highest BCUT2D eigenvalue weighted by atomic mass is 31.2. The Bertz CT molecular complexity index is 1440. The van der Waals surface area contributed by atoms with Crippen LogP contribution in [-0.4, -0.2) is 70.0 Å². The van der Waals surface area contributed by atoms with E-state index in [0.29, 0.717) is 17.4 Å². The van der Waals surface area contributed by atoms with Gasteiger partial charge in [-0.3, -0.25) is 14.2 Å². The van der Waals surface area contributed by atoms with Gasteiger partial charge in [0.25, 0.3) is 7.82 Å². The van der Waals surface area contributed by atoms with Gasteiger partial charge in [-0.2, -0.15) is 0 Å². The number of carbonyl (C=O) groups is 2. The molecule has 0 rings (SSSR count). The van der Waals surface area contributed by atoms with Crippen molar-refractivity contribution in [2.24, 2.45) is 0 Å². The summed E-state index contributed by atoms with van der Waals surface area (Å²) in [5, 5.41) is 0. The van der Waals surface area contributed by atoms with E-state index < -0.39 is 32.5 Å². The summed E-state index contributed by atoms with van der Waals surface area (Å²) >= 11 is 0. The zero-order chi connectivity index (χ0) is 48.5. The van der Waals surface area contributed by atoms with Gasteiger partial charge in [0, 0.05) is 12.8 Å². The number of ether oxygens (including phenoxy) is 2. The van der Waals surface area contributed by atoms with Crippen LogP contribution in [0.25, 0.3) is 0 Å². The van der Waals surface area contributed by atoms with Crippen LogP contribution in [0.1, 0.15) is 194 Å². The van der Waals surface area contributed by atoms with Crippen LogP contribution in [-0.2, 0) is 32.7 Å². The van der Waals surface area contributed by atoms with E-state index in [2.05, 4.69) is 111 Å². The minimum Gasteiger partial charge on any atom is -0.756 e. The predicted molar refractivity (Wildman–Crippen MR) is 277 cm³/mol. The standard InChI is InChI=1S/C56H96NO8P/c1-6-8-10-12-14-16-18-20-22-23-24-25-26-27-28-29-30-31-32-33-35-37-39-41-43-45-47-49-56(59)65-54(53-64-66(60,61)63-51-50-57(3,4)5)52-62-55(58)48-46-44-42-40-38-36-34-21-19-17-15-13-11-9-7-2/h8,10,14,16,20,22,24-25,27-28,30-31,33,35,39,41,54H,6-7,9,11-13,15,17-19,21,23,26,29,32,34,36-38,40,42-53H2,1-5H3/b10-8-,16-14-,22-20-,25-24-,28-27-,31-30-,35-33-,41-39-. The average Bonchev–Trinajstić information content (AvgIpc) is 3.27. The van der Waals surface area contributed by atoms with Crippen molar-refractivity contribution in [2.45, 2.75) is 200 Å². The number of rotatable bonds is 46. The van der Waals surface area contributed by atoms with Gasteiger partial charge in [0.1, 0.15) is 19.8 Å². The molecular formula is C56H96NO8P. The number of likely N-dealkylation sites (N-methyl/N-ethyl adjacent to an activating group) is 1. The van der Waals surface area contributed by atoms with Crippen molar-refractivity contribution in [1.29, 1.82) is 0 Å². The summed E-state index contributed by atoms with van der Waals surface area (Å²) in [7, 11) is 1.13. The lowest BCUT2D eigenvalue weighted by atomic mass is 10.0. The summed E-state index contributed by atoms with van der Waals surface area (Å²) in [5.74, 6) is -0.888. The van der Waals surface area contributed by atoms with Crippen LogP contribution in [0.15, 0.2) is 97.2 Å². The molecule has 0 radical (unpaired) electrons. The fraction of sp³-hybridized carbons (Fsp3) is 0.679. The molecule has 378 valence electrons. The number of carbonyl (C=O) groups excluding carboxylic acids is 2. The molecule has 0 aromatic heterocycles. The fourth-order valence-electron chi connectivity index (χ4n) is 6.61. The van der Waals surface area contributed by atoms with E-state index in [1.54, 1.807) is 0 Å². The van der Waals surface area contributed by atoms with Gasteiger partial charge in [0.05, 0.1) is 27.7 Å². The minimum absolute atomic E-state index is 0.0436. The lowest BCUT2D eigenvalue weighted by Gasteiger charge is -2.28. The summed E-state index contributed by atoms with van der Waals surface area (Å²) in [4.78, 5) is 37.7. The topological polar surface area (TPSA) is 111 Å². The van der Waals surface area contributed by atoms with Crippen LogP contribution in [0.4, 0.5) is 0 Å². The Morgan fingerprint density at radius 2 is 0.864 bits per heavy atom. The SMILES string of the molecule is CC/C=C\C/C=C\C/C=C\C/C=C\C/C=C\C/C=C\C/C=C\C/C=C\CCCCC(=O)OC(COC(=O)CCCCCCCCCCCCCCCCC)COP(=O)([O-])OCC[N+](C)(C)C. The lowest BCUT2D eigenvalue weighted by molar-refractivity contribution is -0.870. The molecule has 0 bridgehead atoms. The Hall–Kier alpha value is -3.07. The van der Waals surface area contributed by atoms with E-state index >= 15 is 0 Å². The highest BCUT2D eigenvalue weighted by Crippen LogP contribution is 2.38. The van der Waals surface area contributed by atoms with Crippen LogP contribution in [0.3, 0.4) is 0 Å². The predicted octanol–water partition coefficient (Wildman–Crippen LogP) is 15.1. The van der Waals surface area contributed by atoms with Crippen molar-refractivity contribution < 1.29 is 42.1 Å². The molecule has 0 saturated carbocycles. The van der Waals surface area contributed by atoms with Crippen LogP contribution < -0.4 is 4.89 Å². The maximum atomic E-state index is 12.7. The molecule has 0 aromatic carbocycles. The van der Waals surface area contributed by atoms with E-state index in [9.17, 15) is 19.0 Å². The second kappa shape index (κ2) is 47.0. The summed E-state index contributed by atoms with van der Waals surface area (Å²) in [6, 6.07) is 0. The largest absolute Gasteiger partial charge is 0.756 e. The van der Waals surface area contributed by atoms with Crippen molar-refractivity contribution >= 4 is 19.8 Å². The van der Waals surface area contributed by atoms with Gasteiger partial charge in [0.15, 0.2) is 6.10 Å². The third-order valence-electron chi connectivity index (χ3n) is 10.6. The fourth-order valence-corrected chi connectivity index (χ4v) is 7.34. The molecule has 9 nitrogen and oxygen atoms in total. The third kappa shape index (κ3) is 50.3. The number of quaternary nitrogens is 1. The lowest BCUT2D eigenvalue weighted by Crippen LogP contribution is -2.37. The molecule has 0 fully saturated rings. The van der Waals surface area contributed by atoms with Crippen LogP contribution in [0.5, 0.6) is 0 Å². The molecule has 0 heterocycles. The molecular weight excluding hydrogens is 846 g/mol. The van der Waals surface area contributed by atoms with Gasteiger partial charge in [-0.05, 0) is 77.0 Å². The van der Waals surface area contributed by atoms with Crippen molar-refractivity contribution in [3.63, 3.8) is 0 Å². The summed E-state index contributed by atoms with van der Waals surface area (Å²) in [6.07, 6.45) is 63.0. The summed E-state index contributed by atoms with van der Waals surface area (Å²) < 4.78 is 34.0. The average molecular weight is 942 g/mol. The molecule has 0 aliphatic rings. The van der Waals surface area contributed by atoms with Gasteiger partial charge in [-0.15, -0.1) is 0 Å². The zero-order valence-electron chi connectivity index (χ0n) is 42.6. The van der Waals surface area contributed by atoms with Gasteiger partial charge in [-0.1, -0.05) is 201 Å². The van der Waals surface area contributed by atoms with Crippen LogP contribution in [0, 0.1) is 0 Å². The van der Waals surface area contributed by atoms with E-state index in [1.807, 2.05) is 21.1 Å². The molecule has 0 aliphatic carbocycles. The van der Waals surface area contributed by atoms with Gasteiger partial charge < -0.3 is 27.9 Å². The molecule has 2 unspecified atom stereocenters. The Balaban J connectivity index is 4.36. The normalized spacial score (nSPS) is 14.2. The molecule has 10 heteroatoms. The first kappa shape index (κ1) is 62.9. The smallest absolute Gasteiger partial charge is 0.306 e. The molecule has 0 aromatic rings. The highest BCUT2D eigenvalue weighted by Gasteiger charge is 2.21. The number of phosphoric ester groups is 1. The molecule has 0 amide bonds. The summed E-state index contributed by atoms with van der Waals surface area (Å²) in [6.45, 7) is 4.06. The second-order valence-corrected chi connectivity index (χ2v) is 19.6. The number of unbranched alkanes of at least 4 members (excludes halogenated alkanes) is 16. The Labute approximate surface area is 404 Å². The van der Waals surface area contributed by atoms with E-state index in [1.165, 1.54) is 77.0 Å². The maximum Gasteiger partial charge on any atom is 0.306 e. The molecule has 0 aliphatic heterocycles. The number of phosphoric acid groups is 1. The molecule has 0 N–H and O–H groups in total. The first-order valence-electron chi connectivity index (χ1n) is 25.9. The number of hydrogen-bond acceptors (Lipinski definition) is 8. The molecule has 0 spiro atoms. The third-order valence-corrected chi connectivity index (χ3v) is 11.6. The van der Waals surface area contributed by atoms with E-state index in [0.717, 1.165) is 83.5 Å². The molecule has 2 atom stereocenters. The Morgan fingerprint density at radius 1 is 0.485 bits per heavy atom. The zero-order valence-corrected chi connectivity index (χ0v) is 43.5. The van der Waals surface area contributed by atoms with E-state index in [4.69, 9.17) is 18.5 Å². The minimum atomic E-state index is -4.65. The van der Waals surface area contributed by atoms with Crippen molar-refractivity contribution in [3.8, 4) is 0 Å². The first-order chi connectivity index (χ1) is 32.0. The first-order valence-corrected chi connectivity index (χ1v) is 27.4. The van der Waals surface area contributed by atoms with Gasteiger partial charge in [-0.25, -0.2) is 0 Å². The van der Waals surface area contributed by atoms with Crippen LogP contribution in [0.2, 0.25) is 0 Å². The Morgan fingerprint density at radius 3 is 1.29 bits per heavy atom. The van der Waals surface area contributed by atoms with Crippen molar-refractivity contribution in [1.82, 2.24) is 0 Å². The molecule has 66 heavy (non-hydrogen) atoms. The molecule has 0 saturated heterocycles. The summed E-state index contributed by atoms with van der Waals surface area (Å²) in [5.41, 5.74) is 0. The monoisotopic (exact) mass is 942 g/mol. The Kier molecular flexibility index (Phi) is 44.8. The number of hydrogen-bond donors (Lipinski definition) is 0. The maximum absolute atomic E-state index is 12.7. The number of esters is 2. The second-order valence-electron chi connectivity index (χ2n) is 18.2. The highest BCUT2D eigenvalue weighted by molar-refractivity contribution is 7.45.